The molecule has 0 bridgehead atoms. The number of alkyl halides is 2. The van der Waals surface area contributed by atoms with Crippen molar-refractivity contribution < 1.29 is 23.1 Å². The van der Waals surface area contributed by atoms with Crippen LogP contribution in [0.3, 0.4) is 0 Å². The van der Waals surface area contributed by atoms with E-state index in [4.69, 9.17) is 0 Å². The Bertz CT molecular complexity index is 1310. The predicted octanol–water partition coefficient (Wildman–Crippen LogP) is 4.01. The summed E-state index contributed by atoms with van der Waals surface area (Å²) in [6.07, 6.45) is -0.0563. The third kappa shape index (κ3) is 3.45. The maximum atomic E-state index is 14.2. The topological polar surface area (TPSA) is 77.1 Å². The summed E-state index contributed by atoms with van der Waals surface area (Å²) in [6.45, 7) is 0.169. The highest BCUT2D eigenvalue weighted by atomic mass is 19.3. The fourth-order valence-corrected chi connectivity index (χ4v) is 3.23. The fraction of sp³-hybridized carbons (Fsp3) is 0.0952. The summed E-state index contributed by atoms with van der Waals surface area (Å²) < 4.78 is 42.5. The lowest BCUT2D eigenvalue weighted by Crippen LogP contribution is -2.20. The molecule has 0 atom stereocenters. The summed E-state index contributed by atoms with van der Waals surface area (Å²) in [5, 5.41) is 12.8. The standard InChI is InChI=1S/C21H14F3N3O3/c22-15-2-1-3-17-18(15)19(28)14(21(29)30)11-26(17)10-12-4-6-13(7-5-12)27-9-8-16(25-27)20(23)24/h1-9,11,20H,10H2,(H,29,30). The normalized spacial score (nSPS) is 11.3. The van der Waals surface area contributed by atoms with E-state index in [1.165, 1.54) is 39.8 Å². The number of hydrogen-bond acceptors (Lipinski definition) is 3. The molecule has 9 heteroatoms. The molecule has 2 aromatic heterocycles. The molecule has 0 saturated carbocycles. The van der Waals surface area contributed by atoms with Crippen LogP contribution in [-0.4, -0.2) is 25.4 Å². The minimum absolute atomic E-state index is 0.169. The van der Waals surface area contributed by atoms with Crippen LogP contribution in [0.25, 0.3) is 16.6 Å². The molecule has 0 spiro atoms. The quantitative estimate of drug-likeness (QED) is 0.536. The van der Waals surface area contributed by atoms with Gasteiger partial charge in [0.2, 0.25) is 5.43 Å². The Labute approximate surface area is 167 Å². The van der Waals surface area contributed by atoms with E-state index in [1.807, 2.05) is 0 Å². The molecule has 1 N–H and O–H groups in total. The molecule has 0 aliphatic carbocycles. The molecule has 0 saturated heterocycles. The number of carbonyl (C=O) groups is 1. The van der Waals surface area contributed by atoms with Gasteiger partial charge in [0.05, 0.1) is 16.6 Å². The average molecular weight is 413 g/mol. The Morgan fingerprint density at radius 3 is 2.47 bits per heavy atom. The van der Waals surface area contributed by atoms with Gasteiger partial charge in [-0.25, -0.2) is 22.6 Å². The second-order valence-corrected chi connectivity index (χ2v) is 6.59. The number of aromatic nitrogens is 3. The van der Waals surface area contributed by atoms with Gasteiger partial charge >= 0.3 is 5.97 Å². The monoisotopic (exact) mass is 413 g/mol. The van der Waals surface area contributed by atoms with Crippen LogP contribution < -0.4 is 5.43 Å². The smallest absolute Gasteiger partial charge is 0.341 e. The van der Waals surface area contributed by atoms with Crippen LogP contribution in [0.15, 0.2) is 65.7 Å². The molecule has 0 aliphatic rings. The first-order valence-electron chi connectivity index (χ1n) is 8.83. The Hall–Kier alpha value is -3.88. The van der Waals surface area contributed by atoms with Crippen LogP contribution in [0.1, 0.15) is 28.0 Å². The van der Waals surface area contributed by atoms with Gasteiger partial charge in [-0.3, -0.25) is 4.79 Å². The van der Waals surface area contributed by atoms with E-state index in [0.29, 0.717) is 5.69 Å². The van der Waals surface area contributed by atoms with Gasteiger partial charge in [-0.15, -0.1) is 0 Å². The lowest BCUT2D eigenvalue weighted by molar-refractivity contribution is 0.0694. The highest BCUT2D eigenvalue weighted by Crippen LogP contribution is 2.20. The molecule has 4 rings (SSSR count). The van der Waals surface area contributed by atoms with E-state index < -0.39 is 29.2 Å². The second kappa shape index (κ2) is 7.51. The third-order valence-corrected chi connectivity index (χ3v) is 4.68. The Kier molecular flexibility index (Phi) is 4.86. The maximum Gasteiger partial charge on any atom is 0.341 e. The van der Waals surface area contributed by atoms with E-state index in [9.17, 15) is 27.9 Å². The fourth-order valence-electron chi connectivity index (χ4n) is 3.23. The van der Waals surface area contributed by atoms with Gasteiger partial charge in [-0.05, 0) is 35.9 Å². The van der Waals surface area contributed by atoms with E-state index in [0.717, 1.165) is 11.6 Å². The van der Waals surface area contributed by atoms with Gasteiger partial charge in [-0.2, -0.15) is 5.10 Å². The largest absolute Gasteiger partial charge is 0.477 e. The number of benzene rings is 2. The summed E-state index contributed by atoms with van der Waals surface area (Å²) in [6, 6.07) is 12.1. The van der Waals surface area contributed by atoms with Gasteiger partial charge < -0.3 is 9.67 Å². The number of carboxylic acids is 1. The minimum Gasteiger partial charge on any atom is -0.477 e. The molecular formula is C21H14F3N3O3. The zero-order valence-corrected chi connectivity index (χ0v) is 15.3. The molecule has 4 aromatic rings. The van der Waals surface area contributed by atoms with Gasteiger partial charge in [0.25, 0.3) is 6.43 Å². The zero-order valence-electron chi connectivity index (χ0n) is 15.3. The van der Waals surface area contributed by atoms with Crippen molar-refractivity contribution in [1.82, 2.24) is 14.3 Å². The number of nitrogens with zero attached hydrogens (tertiary/aromatic N) is 3. The molecule has 0 radical (unpaired) electrons. The molecule has 2 heterocycles. The van der Waals surface area contributed by atoms with Crippen molar-refractivity contribution in [3.8, 4) is 5.69 Å². The molecule has 0 aliphatic heterocycles. The van der Waals surface area contributed by atoms with Crippen molar-refractivity contribution in [3.05, 3.63) is 93.8 Å². The van der Waals surface area contributed by atoms with Gasteiger partial charge in [0.1, 0.15) is 17.1 Å². The molecule has 2 aromatic carbocycles. The lowest BCUT2D eigenvalue weighted by Gasteiger charge is -2.13. The molecule has 152 valence electrons. The third-order valence-electron chi connectivity index (χ3n) is 4.68. The Morgan fingerprint density at radius 2 is 1.83 bits per heavy atom. The van der Waals surface area contributed by atoms with Crippen LogP contribution in [0.5, 0.6) is 0 Å². The van der Waals surface area contributed by atoms with Crippen molar-refractivity contribution in [2.24, 2.45) is 0 Å². The molecule has 0 fully saturated rings. The summed E-state index contributed by atoms with van der Waals surface area (Å²) >= 11 is 0. The number of aromatic carboxylic acids is 1. The summed E-state index contributed by atoms with van der Waals surface area (Å²) in [5.41, 5.74) is -0.181. The van der Waals surface area contributed by atoms with Crippen LogP contribution in [0, 0.1) is 5.82 Å². The summed E-state index contributed by atoms with van der Waals surface area (Å²) in [4.78, 5) is 23.8. The van der Waals surface area contributed by atoms with E-state index in [2.05, 4.69) is 5.10 Å². The van der Waals surface area contributed by atoms with Crippen molar-refractivity contribution in [1.29, 1.82) is 0 Å². The predicted molar refractivity (Wildman–Crippen MR) is 103 cm³/mol. The Morgan fingerprint density at radius 1 is 1.10 bits per heavy atom. The van der Waals surface area contributed by atoms with Crippen LogP contribution in [0.2, 0.25) is 0 Å². The minimum atomic E-state index is -2.66. The van der Waals surface area contributed by atoms with E-state index >= 15 is 0 Å². The number of hydrogen-bond donors (Lipinski definition) is 1. The van der Waals surface area contributed by atoms with E-state index in [-0.39, 0.29) is 23.1 Å². The first kappa shape index (κ1) is 19.4. The lowest BCUT2D eigenvalue weighted by atomic mass is 10.1. The Balaban J connectivity index is 1.72. The van der Waals surface area contributed by atoms with E-state index in [1.54, 1.807) is 24.3 Å². The van der Waals surface area contributed by atoms with Crippen molar-refractivity contribution in [3.63, 3.8) is 0 Å². The highest BCUT2D eigenvalue weighted by Gasteiger charge is 2.17. The SMILES string of the molecule is O=C(O)c1cn(Cc2ccc(-n3ccc(C(F)F)n3)cc2)c2cccc(F)c2c1=O. The average Bonchev–Trinajstić information content (AvgIpc) is 3.21. The van der Waals surface area contributed by atoms with Crippen molar-refractivity contribution in [2.45, 2.75) is 13.0 Å². The second-order valence-electron chi connectivity index (χ2n) is 6.59. The van der Waals surface area contributed by atoms with Crippen LogP contribution in [-0.2, 0) is 6.54 Å². The van der Waals surface area contributed by atoms with Crippen molar-refractivity contribution >= 4 is 16.9 Å². The van der Waals surface area contributed by atoms with Gasteiger partial charge in [0.15, 0.2) is 0 Å². The number of pyridine rings is 1. The molecular weight excluding hydrogens is 399 g/mol. The maximum absolute atomic E-state index is 14.2. The first-order chi connectivity index (χ1) is 14.3. The molecule has 30 heavy (non-hydrogen) atoms. The summed E-state index contributed by atoms with van der Waals surface area (Å²) in [5.74, 6) is -2.24. The highest BCUT2D eigenvalue weighted by molar-refractivity contribution is 5.92. The molecule has 0 unspecified atom stereocenters. The number of halogens is 3. The summed E-state index contributed by atoms with van der Waals surface area (Å²) in [7, 11) is 0. The number of rotatable bonds is 5. The molecule has 6 nitrogen and oxygen atoms in total. The first-order valence-corrected chi connectivity index (χ1v) is 8.83. The van der Waals surface area contributed by atoms with Gasteiger partial charge in [0, 0.05) is 18.9 Å². The number of carboxylic acid groups (broad SMARTS) is 1. The zero-order chi connectivity index (χ0) is 21.4. The molecule has 0 amide bonds. The van der Waals surface area contributed by atoms with Gasteiger partial charge in [-0.1, -0.05) is 18.2 Å². The van der Waals surface area contributed by atoms with Crippen molar-refractivity contribution in [2.75, 3.05) is 0 Å². The van der Waals surface area contributed by atoms with Crippen LogP contribution in [0.4, 0.5) is 13.2 Å². The van der Waals surface area contributed by atoms with Crippen LogP contribution >= 0.6 is 0 Å². The number of fused-ring (bicyclic) bond motifs is 1.